The fraction of sp³-hybridized carbons (Fsp3) is 0.952. The molecule has 0 aromatic heterocycles. The fourth-order valence-electron chi connectivity index (χ4n) is 3.82. The summed E-state index contributed by atoms with van der Waals surface area (Å²) in [4.78, 5) is 11.5. The Kier molecular flexibility index (Phi) is 18.6. The minimum absolute atomic E-state index is 0.138. The molecule has 1 fully saturated rings. The van der Waals surface area contributed by atoms with Crippen LogP contribution in [0.15, 0.2) is 0 Å². The highest BCUT2D eigenvalue weighted by Gasteiger charge is 2.16. The van der Waals surface area contributed by atoms with Crippen molar-refractivity contribution in [2.24, 2.45) is 5.92 Å². The topological polar surface area (TPSA) is 109 Å². The number of carbonyl (C=O) groups is 1. The maximum atomic E-state index is 11.5. The van der Waals surface area contributed by atoms with Crippen molar-refractivity contribution in [2.75, 3.05) is 13.1 Å². The van der Waals surface area contributed by atoms with Crippen LogP contribution in [0.25, 0.3) is 0 Å². The van der Waals surface area contributed by atoms with Crippen LogP contribution in [0.3, 0.4) is 0 Å². The number of nitrogens with one attached hydrogen (secondary N) is 6. The molecule has 1 aliphatic rings. The van der Waals surface area contributed by atoms with Gasteiger partial charge in [-0.05, 0) is 25.7 Å². The molecular weight excluding hydrogens is 368 g/mol. The highest BCUT2D eigenvalue weighted by atomic mass is 16.4. The van der Waals surface area contributed by atoms with Crippen LogP contribution in [0, 0.1) is 5.92 Å². The van der Waals surface area contributed by atoms with Crippen molar-refractivity contribution < 1.29 is 9.90 Å². The average molecular weight is 415 g/mol. The van der Waals surface area contributed by atoms with Crippen molar-refractivity contribution in [3.8, 4) is 0 Å². The van der Waals surface area contributed by atoms with Gasteiger partial charge in [0.05, 0.1) is 5.92 Å². The zero-order valence-electron chi connectivity index (χ0n) is 18.4. The molecule has 1 heterocycles. The molecule has 0 amide bonds. The third kappa shape index (κ3) is 17.8. The summed E-state index contributed by atoms with van der Waals surface area (Å²) in [6, 6.07) is 0. The molecule has 0 bridgehead atoms. The van der Waals surface area contributed by atoms with Crippen LogP contribution in [0.2, 0.25) is 0 Å². The first kappa shape index (κ1) is 26.3. The lowest BCUT2D eigenvalue weighted by Crippen LogP contribution is -2.58. The lowest BCUT2D eigenvalue weighted by atomic mass is 9.94. The van der Waals surface area contributed by atoms with Crippen LogP contribution in [0.1, 0.15) is 109 Å². The van der Waals surface area contributed by atoms with Gasteiger partial charge in [0.25, 0.3) is 0 Å². The molecule has 1 unspecified atom stereocenters. The van der Waals surface area contributed by atoms with Crippen LogP contribution < -0.4 is 33.0 Å². The molecule has 8 heteroatoms. The summed E-state index contributed by atoms with van der Waals surface area (Å²) in [7, 11) is 0. The molecule has 0 radical (unpaired) electrons. The molecule has 8 nitrogen and oxygen atoms in total. The smallest absolute Gasteiger partial charge is 0.306 e. The number of aliphatic carboxylic acids is 1. The van der Waals surface area contributed by atoms with Gasteiger partial charge in [-0.2, -0.15) is 22.1 Å². The maximum absolute atomic E-state index is 11.5. The van der Waals surface area contributed by atoms with E-state index in [-0.39, 0.29) is 5.92 Å². The second-order valence-corrected chi connectivity index (χ2v) is 8.27. The van der Waals surface area contributed by atoms with Gasteiger partial charge in [0.15, 0.2) is 0 Å². The highest BCUT2D eigenvalue weighted by molar-refractivity contribution is 5.69. The first-order chi connectivity index (χ1) is 14.3. The number of hydrogen-bond acceptors (Lipinski definition) is 7. The predicted octanol–water partition coefficient (Wildman–Crippen LogP) is 3.45. The molecule has 172 valence electrons. The van der Waals surface area contributed by atoms with E-state index in [4.69, 9.17) is 0 Å². The summed E-state index contributed by atoms with van der Waals surface area (Å²) in [6.07, 6.45) is 19.8. The van der Waals surface area contributed by atoms with Crippen LogP contribution in [-0.2, 0) is 4.79 Å². The number of hydrazine groups is 5. The van der Waals surface area contributed by atoms with Gasteiger partial charge >= 0.3 is 5.97 Å². The minimum atomic E-state index is -0.598. The molecule has 1 saturated heterocycles. The highest BCUT2D eigenvalue weighted by Crippen LogP contribution is 2.19. The molecule has 0 aromatic rings. The molecule has 0 aromatic carbocycles. The standard InChI is InChI=1S/C21H46N6O2/c28-21(29)20-16-12-8-5-3-1-2-4-6-10-14-18-22-24-26-27-25-23-19-15-11-7-9-13-17-20/h20,22-27H,1-19H2,(H,28,29). The number of carboxylic acids is 1. The molecular formula is C21H46N6O2. The summed E-state index contributed by atoms with van der Waals surface area (Å²) in [5.74, 6) is -0.736. The van der Waals surface area contributed by atoms with Gasteiger partial charge in [-0.1, -0.05) is 83.5 Å². The van der Waals surface area contributed by atoms with E-state index in [0.29, 0.717) is 0 Å². The summed E-state index contributed by atoms with van der Waals surface area (Å²) >= 11 is 0. The van der Waals surface area contributed by atoms with Crippen LogP contribution >= 0.6 is 0 Å². The Bertz CT molecular complexity index is 347. The van der Waals surface area contributed by atoms with E-state index in [1.54, 1.807) is 0 Å². The Hall–Kier alpha value is -0.770. The quantitative estimate of drug-likeness (QED) is 0.350. The molecule has 1 atom stereocenters. The monoisotopic (exact) mass is 414 g/mol. The van der Waals surface area contributed by atoms with Crippen LogP contribution in [0.5, 0.6) is 0 Å². The van der Waals surface area contributed by atoms with E-state index in [9.17, 15) is 9.90 Å². The van der Waals surface area contributed by atoms with Crippen molar-refractivity contribution in [2.45, 2.75) is 109 Å². The van der Waals surface area contributed by atoms with Crippen molar-refractivity contribution in [1.82, 2.24) is 33.0 Å². The maximum Gasteiger partial charge on any atom is 0.306 e. The van der Waals surface area contributed by atoms with Gasteiger partial charge in [-0.15, -0.1) is 0 Å². The zero-order valence-corrected chi connectivity index (χ0v) is 18.4. The van der Waals surface area contributed by atoms with Crippen molar-refractivity contribution >= 4 is 5.97 Å². The Morgan fingerprint density at radius 2 is 0.862 bits per heavy atom. The van der Waals surface area contributed by atoms with Gasteiger partial charge in [0.2, 0.25) is 0 Å². The van der Waals surface area contributed by atoms with Gasteiger partial charge in [0.1, 0.15) is 0 Å². The largest absolute Gasteiger partial charge is 0.481 e. The molecule has 29 heavy (non-hydrogen) atoms. The summed E-state index contributed by atoms with van der Waals surface area (Å²) in [5.41, 5.74) is 17.7. The average Bonchev–Trinajstić information content (AvgIpc) is 2.71. The first-order valence-electron chi connectivity index (χ1n) is 12.0. The van der Waals surface area contributed by atoms with Crippen molar-refractivity contribution in [1.29, 1.82) is 0 Å². The molecule has 7 N–H and O–H groups in total. The summed E-state index contributed by atoms with van der Waals surface area (Å²) in [6.45, 7) is 1.83. The van der Waals surface area contributed by atoms with Gasteiger partial charge in [-0.25, -0.2) is 10.9 Å². The molecule has 0 spiro atoms. The number of hydrogen-bond donors (Lipinski definition) is 7. The Labute approximate surface area is 177 Å². The minimum Gasteiger partial charge on any atom is -0.481 e. The SMILES string of the molecule is O=C(O)C1CCCCCCCCCCCCNNNNNNCCCCCCC1. The van der Waals surface area contributed by atoms with E-state index >= 15 is 0 Å². The Balaban J connectivity index is 2.18. The van der Waals surface area contributed by atoms with Crippen LogP contribution in [-0.4, -0.2) is 24.2 Å². The summed E-state index contributed by atoms with van der Waals surface area (Å²) in [5, 5.41) is 9.45. The first-order valence-corrected chi connectivity index (χ1v) is 12.0. The molecule has 1 rings (SSSR count). The number of carboxylic acid groups (broad SMARTS) is 1. The molecule has 0 saturated carbocycles. The van der Waals surface area contributed by atoms with Crippen LogP contribution in [0.4, 0.5) is 0 Å². The fourth-order valence-corrected chi connectivity index (χ4v) is 3.82. The van der Waals surface area contributed by atoms with E-state index in [0.717, 1.165) is 51.6 Å². The van der Waals surface area contributed by atoms with Crippen molar-refractivity contribution in [3.05, 3.63) is 0 Å². The molecule has 1 aliphatic heterocycles. The lowest BCUT2D eigenvalue weighted by molar-refractivity contribution is -0.142. The van der Waals surface area contributed by atoms with E-state index in [1.165, 1.54) is 70.6 Å². The Morgan fingerprint density at radius 3 is 1.24 bits per heavy atom. The predicted molar refractivity (Wildman–Crippen MR) is 118 cm³/mol. The second kappa shape index (κ2) is 20.5. The van der Waals surface area contributed by atoms with Gasteiger partial charge in [0, 0.05) is 13.1 Å². The van der Waals surface area contributed by atoms with E-state index < -0.39 is 5.97 Å². The van der Waals surface area contributed by atoms with E-state index in [1.807, 2.05) is 0 Å². The zero-order chi connectivity index (χ0) is 20.8. The third-order valence-electron chi connectivity index (χ3n) is 5.67. The second-order valence-electron chi connectivity index (χ2n) is 8.27. The Morgan fingerprint density at radius 1 is 0.517 bits per heavy atom. The normalized spacial score (nSPS) is 25.2. The van der Waals surface area contributed by atoms with Gasteiger partial charge < -0.3 is 5.11 Å². The number of rotatable bonds is 1. The molecule has 0 aliphatic carbocycles. The van der Waals surface area contributed by atoms with Gasteiger partial charge in [-0.3, -0.25) is 4.79 Å². The van der Waals surface area contributed by atoms with E-state index in [2.05, 4.69) is 33.0 Å². The third-order valence-corrected chi connectivity index (χ3v) is 5.67. The summed E-state index contributed by atoms with van der Waals surface area (Å²) < 4.78 is 0. The van der Waals surface area contributed by atoms with Crippen molar-refractivity contribution in [3.63, 3.8) is 0 Å². The lowest BCUT2D eigenvalue weighted by Gasteiger charge is -2.13.